The monoisotopic (exact) mass is 273 g/mol. The first-order valence-corrected chi connectivity index (χ1v) is 6.41. The molecule has 0 aliphatic carbocycles. The molecule has 2 aromatic heterocycles. The maximum absolute atomic E-state index is 11.3. The highest BCUT2D eigenvalue weighted by Crippen LogP contribution is 2.34. The number of nitrogen functional groups attached to an aromatic ring is 1. The smallest absolute Gasteiger partial charge is 0.343 e. The molecule has 0 unspecified atom stereocenters. The third-order valence-electron chi connectivity index (χ3n) is 2.83. The van der Waals surface area contributed by atoms with Crippen LogP contribution < -0.4 is 11.4 Å². The molecule has 0 fully saturated rings. The molecule has 0 saturated heterocycles. The van der Waals surface area contributed by atoms with Crippen LogP contribution in [-0.2, 0) is 7.05 Å². The molecular weight excluding hydrogens is 262 g/mol. The zero-order chi connectivity index (χ0) is 13.4. The van der Waals surface area contributed by atoms with Gasteiger partial charge in [0.15, 0.2) is 5.16 Å². The number of fused-ring (bicyclic) bond motifs is 1. The molecule has 3 aromatic rings. The number of H-pyrrole nitrogens is 1. The molecule has 0 saturated carbocycles. The van der Waals surface area contributed by atoms with E-state index in [9.17, 15) is 4.79 Å². The van der Waals surface area contributed by atoms with Gasteiger partial charge in [-0.05, 0) is 36.0 Å². The van der Waals surface area contributed by atoms with Crippen LogP contribution in [0, 0.1) is 0 Å². The lowest BCUT2D eigenvalue weighted by Gasteiger charge is -2.07. The number of anilines is 1. The van der Waals surface area contributed by atoms with Gasteiger partial charge in [0.1, 0.15) is 0 Å². The van der Waals surface area contributed by atoms with E-state index in [-0.39, 0.29) is 5.69 Å². The highest BCUT2D eigenvalue weighted by atomic mass is 32.2. The number of hydrogen-bond donors (Lipinski definition) is 2. The minimum atomic E-state index is -0.247. The van der Waals surface area contributed by atoms with E-state index in [1.807, 2.05) is 24.3 Å². The zero-order valence-electron chi connectivity index (χ0n) is 10.1. The van der Waals surface area contributed by atoms with Crippen LogP contribution in [0.3, 0.4) is 0 Å². The Morgan fingerprint density at radius 2 is 2.21 bits per heavy atom. The standard InChI is InChI=1S/C12H11N5OS/c1-17-11(18)15-16-12(17)19-9-5-4-8-7(10(9)13)3-2-6-14-8/h2-6H,13H2,1H3,(H,15,18). The lowest BCUT2D eigenvalue weighted by atomic mass is 10.2. The zero-order valence-corrected chi connectivity index (χ0v) is 10.9. The molecule has 0 bridgehead atoms. The molecule has 0 aliphatic rings. The first-order chi connectivity index (χ1) is 9.16. The van der Waals surface area contributed by atoms with Crippen LogP contribution in [0.25, 0.3) is 10.9 Å². The van der Waals surface area contributed by atoms with Crippen molar-refractivity contribution in [3.63, 3.8) is 0 Å². The Morgan fingerprint density at radius 3 is 2.95 bits per heavy atom. The minimum Gasteiger partial charge on any atom is -0.397 e. The van der Waals surface area contributed by atoms with Gasteiger partial charge in [0.2, 0.25) is 0 Å². The molecule has 2 heterocycles. The molecule has 96 valence electrons. The molecule has 7 heteroatoms. The van der Waals surface area contributed by atoms with Crippen molar-refractivity contribution in [2.45, 2.75) is 10.1 Å². The summed E-state index contributed by atoms with van der Waals surface area (Å²) in [5.41, 5.74) is 7.38. The molecule has 19 heavy (non-hydrogen) atoms. The molecule has 1 aromatic carbocycles. The summed E-state index contributed by atoms with van der Waals surface area (Å²) in [6.45, 7) is 0. The molecule has 6 nitrogen and oxygen atoms in total. The normalized spacial score (nSPS) is 11.0. The van der Waals surface area contributed by atoms with Gasteiger partial charge in [-0.25, -0.2) is 9.89 Å². The molecular formula is C12H11N5OS. The first kappa shape index (κ1) is 11.8. The Morgan fingerprint density at radius 1 is 1.37 bits per heavy atom. The first-order valence-electron chi connectivity index (χ1n) is 5.59. The van der Waals surface area contributed by atoms with E-state index in [2.05, 4.69) is 15.2 Å². The lowest BCUT2D eigenvalue weighted by Crippen LogP contribution is -2.12. The Balaban J connectivity index is 2.09. The van der Waals surface area contributed by atoms with Crippen molar-refractivity contribution in [2.24, 2.45) is 7.05 Å². The van der Waals surface area contributed by atoms with Crippen molar-refractivity contribution in [1.82, 2.24) is 19.7 Å². The summed E-state index contributed by atoms with van der Waals surface area (Å²) in [4.78, 5) is 16.4. The summed E-state index contributed by atoms with van der Waals surface area (Å²) in [6.07, 6.45) is 1.73. The van der Waals surface area contributed by atoms with Crippen molar-refractivity contribution in [3.05, 3.63) is 40.9 Å². The van der Waals surface area contributed by atoms with E-state index >= 15 is 0 Å². The SMILES string of the molecule is Cn1c(Sc2ccc3ncccc3c2N)n[nH]c1=O. The maximum atomic E-state index is 11.3. The summed E-state index contributed by atoms with van der Waals surface area (Å²) in [7, 11) is 1.66. The second-order valence-electron chi connectivity index (χ2n) is 4.02. The van der Waals surface area contributed by atoms with E-state index in [1.165, 1.54) is 16.3 Å². The van der Waals surface area contributed by atoms with Crippen molar-refractivity contribution in [1.29, 1.82) is 0 Å². The van der Waals surface area contributed by atoms with Gasteiger partial charge in [0.25, 0.3) is 0 Å². The maximum Gasteiger partial charge on any atom is 0.343 e. The quantitative estimate of drug-likeness (QED) is 0.689. The summed E-state index contributed by atoms with van der Waals surface area (Å²) in [5, 5.41) is 7.81. The van der Waals surface area contributed by atoms with Crippen LogP contribution >= 0.6 is 11.8 Å². The van der Waals surface area contributed by atoms with Gasteiger partial charge in [-0.3, -0.25) is 9.55 Å². The summed E-state index contributed by atoms with van der Waals surface area (Å²) < 4.78 is 1.44. The summed E-state index contributed by atoms with van der Waals surface area (Å²) in [6, 6.07) is 7.55. The predicted molar refractivity (Wildman–Crippen MR) is 74.1 cm³/mol. The number of nitrogens with zero attached hydrogens (tertiary/aromatic N) is 3. The number of rotatable bonds is 2. The number of nitrogens with two attached hydrogens (primary N) is 1. The van der Waals surface area contributed by atoms with Crippen molar-refractivity contribution in [2.75, 3.05) is 5.73 Å². The Bertz CT molecular complexity index is 807. The van der Waals surface area contributed by atoms with E-state index in [0.29, 0.717) is 10.8 Å². The average molecular weight is 273 g/mol. The Hall–Kier alpha value is -2.28. The second kappa shape index (κ2) is 4.43. The van der Waals surface area contributed by atoms with Crippen LogP contribution in [0.1, 0.15) is 0 Å². The molecule has 0 radical (unpaired) electrons. The Kier molecular flexibility index (Phi) is 2.75. The highest BCUT2D eigenvalue weighted by molar-refractivity contribution is 7.99. The molecule has 0 spiro atoms. The van der Waals surface area contributed by atoms with Crippen LogP contribution in [0.4, 0.5) is 5.69 Å². The van der Waals surface area contributed by atoms with Gasteiger partial charge in [-0.2, -0.15) is 0 Å². The van der Waals surface area contributed by atoms with Crippen LogP contribution in [-0.4, -0.2) is 19.7 Å². The van der Waals surface area contributed by atoms with Crippen molar-refractivity contribution < 1.29 is 0 Å². The topological polar surface area (TPSA) is 89.6 Å². The fourth-order valence-electron chi connectivity index (χ4n) is 1.77. The summed E-state index contributed by atoms with van der Waals surface area (Å²) >= 11 is 1.34. The number of nitrogens with one attached hydrogen (secondary N) is 1. The van der Waals surface area contributed by atoms with Crippen LogP contribution in [0.2, 0.25) is 0 Å². The third-order valence-corrected chi connectivity index (χ3v) is 3.95. The fraction of sp³-hybridized carbons (Fsp3) is 0.0833. The number of benzene rings is 1. The second-order valence-corrected chi connectivity index (χ2v) is 5.03. The number of hydrogen-bond acceptors (Lipinski definition) is 5. The van der Waals surface area contributed by atoms with Gasteiger partial charge in [0.05, 0.1) is 11.2 Å². The minimum absolute atomic E-state index is 0.247. The molecule has 0 atom stereocenters. The van der Waals surface area contributed by atoms with Gasteiger partial charge >= 0.3 is 5.69 Å². The van der Waals surface area contributed by atoms with Crippen molar-refractivity contribution in [3.8, 4) is 0 Å². The Labute approximate surface area is 112 Å². The van der Waals surface area contributed by atoms with E-state index in [4.69, 9.17) is 5.73 Å². The summed E-state index contributed by atoms with van der Waals surface area (Å²) in [5.74, 6) is 0. The van der Waals surface area contributed by atoms with Crippen LogP contribution in [0.15, 0.2) is 45.3 Å². The highest BCUT2D eigenvalue weighted by Gasteiger charge is 2.10. The van der Waals surface area contributed by atoms with E-state index < -0.39 is 0 Å². The van der Waals surface area contributed by atoms with Gasteiger partial charge in [-0.1, -0.05) is 0 Å². The van der Waals surface area contributed by atoms with Crippen molar-refractivity contribution >= 4 is 28.4 Å². The van der Waals surface area contributed by atoms with E-state index in [0.717, 1.165) is 15.8 Å². The third kappa shape index (κ3) is 1.97. The van der Waals surface area contributed by atoms with Gasteiger partial charge in [0, 0.05) is 23.5 Å². The van der Waals surface area contributed by atoms with Gasteiger partial charge < -0.3 is 5.73 Å². The molecule has 0 aliphatic heterocycles. The fourth-order valence-corrected chi connectivity index (χ4v) is 2.63. The predicted octanol–water partition coefficient (Wildman–Crippen LogP) is 1.39. The van der Waals surface area contributed by atoms with Crippen LogP contribution in [0.5, 0.6) is 0 Å². The number of aromatic amines is 1. The van der Waals surface area contributed by atoms with Gasteiger partial charge in [-0.15, -0.1) is 5.10 Å². The largest absolute Gasteiger partial charge is 0.397 e. The number of pyridine rings is 1. The molecule has 0 amide bonds. The molecule has 3 N–H and O–H groups in total. The average Bonchev–Trinajstić information content (AvgIpc) is 2.74. The van der Waals surface area contributed by atoms with E-state index in [1.54, 1.807) is 13.2 Å². The number of aromatic nitrogens is 4. The molecule has 3 rings (SSSR count). The lowest BCUT2D eigenvalue weighted by molar-refractivity contribution is 0.766.